The van der Waals surface area contributed by atoms with Crippen LogP contribution >= 0.6 is 0 Å². The van der Waals surface area contributed by atoms with Crippen LogP contribution in [0.25, 0.3) is 0 Å². The van der Waals surface area contributed by atoms with E-state index in [1.165, 1.54) is 18.2 Å². The van der Waals surface area contributed by atoms with E-state index in [9.17, 15) is 19.7 Å². The lowest BCUT2D eigenvalue weighted by molar-refractivity contribution is -0.383. The van der Waals surface area contributed by atoms with Crippen molar-refractivity contribution in [2.75, 3.05) is 25.0 Å². The summed E-state index contributed by atoms with van der Waals surface area (Å²) in [5.74, 6) is -0.770. The zero-order valence-corrected chi connectivity index (χ0v) is 12.9. The van der Waals surface area contributed by atoms with Crippen molar-refractivity contribution in [3.8, 4) is 0 Å². The van der Waals surface area contributed by atoms with Crippen LogP contribution in [0, 0.1) is 10.1 Å². The lowest BCUT2D eigenvalue weighted by Gasteiger charge is -2.20. The highest BCUT2D eigenvalue weighted by Crippen LogP contribution is 2.27. The van der Waals surface area contributed by atoms with E-state index >= 15 is 0 Å². The Hall–Kier alpha value is -2.48. The maximum absolute atomic E-state index is 12.1. The molecule has 0 radical (unpaired) electrons. The third-order valence-electron chi connectivity index (χ3n) is 3.42. The summed E-state index contributed by atoms with van der Waals surface area (Å²) in [5.41, 5.74) is -0.0152. The molecule has 0 aliphatic heterocycles. The molecule has 0 unspecified atom stereocenters. The minimum Gasteiger partial charge on any atom is -0.465 e. The second-order valence-corrected chi connectivity index (χ2v) is 5.26. The second kappa shape index (κ2) is 7.68. The molecule has 8 heteroatoms. The number of carbonyl (C=O) groups excluding carboxylic acids is 2. The highest BCUT2D eigenvalue weighted by molar-refractivity contribution is 5.94. The van der Waals surface area contributed by atoms with Crippen molar-refractivity contribution in [1.82, 2.24) is 4.90 Å². The number of benzene rings is 1. The number of hydrogen-bond donors (Lipinski definition) is 1. The molecule has 0 spiro atoms. The van der Waals surface area contributed by atoms with Gasteiger partial charge in [-0.1, -0.05) is 12.1 Å². The molecule has 1 amide bonds. The zero-order chi connectivity index (χ0) is 16.8. The van der Waals surface area contributed by atoms with Crippen molar-refractivity contribution in [3.05, 3.63) is 34.4 Å². The topological polar surface area (TPSA) is 102 Å². The first-order valence-electron chi connectivity index (χ1n) is 7.44. The van der Waals surface area contributed by atoms with Gasteiger partial charge in [-0.15, -0.1) is 0 Å². The largest absolute Gasteiger partial charge is 0.465 e. The zero-order valence-electron chi connectivity index (χ0n) is 12.9. The van der Waals surface area contributed by atoms with Crippen LogP contribution in [0.4, 0.5) is 11.4 Å². The molecule has 1 N–H and O–H groups in total. The van der Waals surface area contributed by atoms with Gasteiger partial charge in [0.15, 0.2) is 0 Å². The highest BCUT2D eigenvalue weighted by Gasteiger charge is 2.32. The van der Waals surface area contributed by atoms with Crippen LogP contribution in [-0.2, 0) is 14.3 Å². The number of nitro benzene ring substituents is 1. The SMILES string of the molecule is CCOC(=O)CN(CC(=O)Nc1ccccc1[N+](=O)[O-])C1CC1. The summed E-state index contributed by atoms with van der Waals surface area (Å²) in [5, 5.41) is 13.5. The maximum Gasteiger partial charge on any atom is 0.320 e. The number of nitrogens with one attached hydrogen (secondary N) is 1. The van der Waals surface area contributed by atoms with Gasteiger partial charge in [-0.2, -0.15) is 0 Å². The Morgan fingerprint density at radius 1 is 1.35 bits per heavy atom. The van der Waals surface area contributed by atoms with Gasteiger partial charge in [-0.05, 0) is 25.8 Å². The van der Waals surface area contributed by atoms with Crippen LogP contribution in [0.5, 0.6) is 0 Å². The van der Waals surface area contributed by atoms with E-state index in [1.807, 2.05) is 0 Å². The summed E-state index contributed by atoms with van der Waals surface area (Å²) in [6, 6.07) is 6.14. The predicted octanol–water partition coefficient (Wildman–Crippen LogP) is 1.56. The number of nitro groups is 1. The first kappa shape index (κ1) is 16.9. The van der Waals surface area contributed by atoms with Crippen molar-refractivity contribution in [1.29, 1.82) is 0 Å². The number of nitrogens with zero attached hydrogens (tertiary/aromatic N) is 2. The molecule has 8 nitrogen and oxygen atoms in total. The Morgan fingerprint density at radius 3 is 2.65 bits per heavy atom. The normalized spacial score (nSPS) is 13.7. The van der Waals surface area contributed by atoms with E-state index < -0.39 is 10.8 Å². The smallest absolute Gasteiger partial charge is 0.320 e. The third kappa shape index (κ3) is 5.03. The molecule has 1 saturated carbocycles. The fourth-order valence-corrected chi connectivity index (χ4v) is 2.24. The first-order valence-corrected chi connectivity index (χ1v) is 7.44. The predicted molar refractivity (Wildman–Crippen MR) is 83.0 cm³/mol. The van der Waals surface area contributed by atoms with Crippen LogP contribution in [0.3, 0.4) is 0 Å². The van der Waals surface area contributed by atoms with E-state index in [-0.39, 0.29) is 36.5 Å². The third-order valence-corrected chi connectivity index (χ3v) is 3.42. The highest BCUT2D eigenvalue weighted by atomic mass is 16.6. The van der Waals surface area contributed by atoms with Gasteiger partial charge in [0.2, 0.25) is 5.91 Å². The number of rotatable bonds is 8. The molecule has 0 atom stereocenters. The van der Waals surface area contributed by atoms with Gasteiger partial charge >= 0.3 is 5.97 Å². The summed E-state index contributed by atoms with van der Waals surface area (Å²) in [6.07, 6.45) is 1.86. The minimum atomic E-state index is -0.549. The van der Waals surface area contributed by atoms with Gasteiger partial charge < -0.3 is 10.1 Å². The Morgan fingerprint density at radius 2 is 2.04 bits per heavy atom. The number of carbonyl (C=O) groups is 2. The first-order chi connectivity index (χ1) is 11.0. The molecular weight excluding hydrogens is 302 g/mol. The molecule has 0 saturated heterocycles. The number of hydrogen-bond acceptors (Lipinski definition) is 6. The van der Waals surface area contributed by atoms with Gasteiger partial charge in [0.25, 0.3) is 5.69 Å². The van der Waals surface area contributed by atoms with E-state index in [1.54, 1.807) is 17.9 Å². The summed E-state index contributed by atoms with van der Waals surface area (Å²) >= 11 is 0. The number of para-hydroxylation sites is 2. The van der Waals surface area contributed by atoms with Gasteiger partial charge in [0.1, 0.15) is 5.69 Å². The van der Waals surface area contributed by atoms with Crippen LogP contribution in [-0.4, -0.2) is 47.4 Å². The molecule has 1 aliphatic rings. The van der Waals surface area contributed by atoms with Crippen molar-refractivity contribution >= 4 is 23.3 Å². The standard InChI is InChI=1S/C15H19N3O5/c1-2-23-15(20)10-17(11-7-8-11)9-14(19)16-12-5-3-4-6-13(12)18(21)22/h3-6,11H,2,7-10H2,1H3,(H,16,19). The Labute approximate surface area is 133 Å². The maximum atomic E-state index is 12.1. The molecule has 23 heavy (non-hydrogen) atoms. The summed E-state index contributed by atoms with van der Waals surface area (Å²) in [6.45, 7) is 2.05. The fraction of sp³-hybridized carbons (Fsp3) is 0.467. The number of esters is 1. The molecule has 2 rings (SSSR count). The quantitative estimate of drug-likeness (QED) is 0.443. The van der Waals surface area contributed by atoms with Crippen LogP contribution in [0.2, 0.25) is 0 Å². The van der Waals surface area contributed by atoms with Crippen molar-refractivity contribution in [2.45, 2.75) is 25.8 Å². The molecule has 124 valence electrons. The van der Waals surface area contributed by atoms with E-state index in [2.05, 4.69) is 5.32 Å². The van der Waals surface area contributed by atoms with Gasteiger partial charge in [0.05, 0.1) is 24.6 Å². The number of ether oxygens (including phenoxy) is 1. The monoisotopic (exact) mass is 321 g/mol. The lowest BCUT2D eigenvalue weighted by Crippen LogP contribution is -2.39. The Kier molecular flexibility index (Phi) is 5.64. The molecule has 1 aromatic carbocycles. The van der Waals surface area contributed by atoms with Crippen molar-refractivity contribution < 1.29 is 19.2 Å². The average molecular weight is 321 g/mol. The summed E-state index contributed by atoms with van der Waals surface area (Å²) < 4.78 is 4.90. The molecule has 1 aromatic rings. The number of anilines is 1. The van der Waals surface area contributed by atoms with E-state index in [0.717, 1.165) is 12.8 Å². The fourth-order valence-electron chi connectivity index (χ4n) is 2.24. The van der Waals surface area contributed by atoms with Crippen LogP contribution < -0.4 is 5.32 Å². The second-order valence-electron chi connectivity index (χ2n) is 5.26. The molecule has 0 heterocycles. The lowest BCUT2D eigenvalue weighted by atomic mass is 10.2. The average Bonchev–Trinajstić information content (AvgIpc) is 3.31. The molecule has 1 aliphatic carbocycles. The number of amides is 1. The Bertz CT molecular complexity index is 601. The van der Waals surface area contributed by atoms with Gasteiger partial charge in [-0.25, -0.2) is 0 Å². The summed E-state index contributed by atoms with van der Waals surface area (Å²) in [7, 11) is 0. The van der Waals surface area contributed by atoms with E-state index in [0.29, 0.717) is 6.61 Å². The molecular formula is C15H19N3O5. The van der Waals surface area contributed by atoms with Gasteiger partial charge in [0, 0.05) is 12.1 Å². The molecule has 0 bridgehead atoms. The Balaban J connectivity index is 1.97. The molecule has 1 fully saturated rings. The van der Waals surface area contributed by atoms with Crippen LogP contribution in [0.15, 0.2) is 24.3 Å². The minimum absolute atomic E-state index is 0.00443. The van der Waals surface area contributed by atoms with Crippen molar-refractivity contribution in [3.63, 3.8) is 0 Å². The molecule has 0 aromatic heterocycles. The summed E-state index contributed by atoms with van der Waals surface area (Å²) in [4.78, 5) is 35.9. The van der Waals surface area contributed by atoms with Crippen molar-refractivity contribution in [2.24, 2.45) is 0 Å². The van der Waals surface area contributed by atoms with Crippen LogP contribution in [0.1, 0.15) is 19.8 Å². The van der Waals surface area contributed by atoms with Gasteiger partial charge in [-0.3, -0.25) is 24.6 Å². The van der Waals surface area contributed by atoms with E-state index in [4.69, 9.17) is 4.74 Å².